The van der Waals surface area contributed by atoms with E-state index in [-0.39, 0.29) is 6.04 Å². The molecule has 5 nitrogen and oxygen atoms in total. The lowest BCUT2D eigenvalue weighted by molar-refractivity contribution is 0.137. The fourth-order valence-electron chi connectivity index (χ4n) is 1.63. The molecule has 0 aliphatic heterocycles. The standard InChI is InChI=1S/C11H14F4N2.CH2O3/c1-5(2)4-6(3)16-9-7(12)10(14)17-11(15)8(9)13;2-1(3)4/h5-6H,4H2,1-3H3,(H,16,17);(H2,2,3,4)/t6-;/m0./s1. The normalized spacial score (nSPS) is 11.6. The summed E-state index contributed by atoms with van der Waals surface area (Å²) < 4.78 is 52.1. The van der Waals surface area contributed by atoms with Crippen LogP contribution in [0.4, 0.5) is 28.0 Å². The van der Waals surface area contributed by atoms with Gasteiger partial charge in [-0.15, -0.1) is 0 Å². The van der Waals surface area contributed by atoms with Gasteiger partial charge in [-0.25, -0.2) is 4.79 Å². The van der Waals surface area contributed by atoms with Crippen molar-refractivity contribution >= 4 is 11.8 Å². The third-order valence-corrected chi connectivity index (χ3v) is 2.21. The zero-order valence-electron chi connectivity index (χ0n) is 11.6. The molecule has 1 atom stereocenters. The summed E-state index contributed by atoms with van der Waals surface area (Å²) in [6.45, 7) is 5.53. The fraction of sp³-hybridized carbons (Fsp3) is 0.500. The molecule has 3 N–H and O–H groups in total. The highest BCUT2D eigenvalue weighted by Gasteiger charge is 2.21. The van der Waals surface area contributed by atoms with Gasteiger partial charge in [0.25, 0.3) is 11.9 Å². The van der Waals surface area contributed by atoms with E-state index in [0.29, 0.717) is 12.3 Å². The van der Waals surface area contributed by atoms with E-state index >= 15 is 0 Å². The summed E-state index contributed by atoms with van der Waals surface area (Å²) in [4.78, 5) is 11.0. The van der Waals surface area contributed by atoms with Crippen LogP contribution in [0.2, 0.25) is 0 Å². The molecule has 0 saturated carbocycles. The van der Waals surface area contributed by atoms with Gasteiger partial charge < -0.3 is 15.5 Å². The maximum atomic E-state index is 13.2. The van der Waals surface area contributed by atoms with Gasteiger partial charge in [0.15, 0.2) is 0 Å². The highest BCUT2D eigenvalue weighted by molar-refractivity contribution is 5.53. The summed E-state index contributed by atoms with van der Waals surface area (Å²) >= 11 is 0. The van der Waals surface area contributed by atoms with Gasteiger partial charge >= 0.3 is 6.16 Å². The van der Waals surface area contributed by atoms with Gasteiger partial charge in [-0.3, -0.25) is 0 Å². The lowest BCUT2D eigenvalue weighted by Crippen LogP contribution is -2.20. The van der Waals surface area contributed by atoms with E-state index in [4.69, 9.17) is 15.0 Å². The summed E-state index contributed by atoms with van der Waals surface area (Å²) in [5.41, 5.74) is -0.803. The van der Waals surface area contributed by atoms with E-state index in [2.05, 4.69) is 10.3 Å². The minimum absolute atomic E-state index is 0.292. The number of nitrogens with zero attached hydrogens (tertiary/aromatic N) is 1. The van der Waals surface area contributed by atoms with Crippen molar-refractivity contribution in [1.82, 2.24) is 4.98 Å². The number of carboxylic acid groups (broad SMARTS) is 2. The van der Waals surface area contributed by atoms with Crippen molar-refractivity contribution in [3.63, 3.8) is 0 Å². The Labute approximate surface area is 118 Å². The second-order valence-corrected chi connectivity index (χ2v) is 4.65. The van der Waals surface area contributed by atoms with E-state index in [9.17, 15) is 17.6 Å². The van der Waals surface area contributed by atoms with Crippen molar-refractivity contribution in [2.24, 2.45) is 5.92 Å². The van der Waals surface area contributed by atoms with Crippen molar-refractivity contribution < 1.29 is 32.6 Å². The SMILES string of the molecule is CC(C)C[C@H](C)Nc1c(F)c(F)nc(F)c1F.O=C(O)O. The summed E-state index contributed by atoms with van der Waals surface area (Å²) in [5, 5.41) is 16.4. The smallest absolute Gasteiger partial charge is 0.450 e. The third kappa shape index (κ3) is 6.77. The minimum atomic E-state index is -1.83. The van der Waals surface area contributed by atoms with Gasteiger partial charge in [-0.1, -0.05) is 13.8 Å². The predicted molar refractivity (Wildman–Crippen MR) is 67.3 cm³/mol. The van der Waals surface area contributed by atoms with Crippen molar-refractivity contribution in [3.8, 4) is 0 Å². The Morgan fingerprint density at radius 1 is 1.10 bits per heavy atom. The first kappa shape index (κ1) is 18.9. The first-order chi connectivity index (χ1) is 9.56. The van der Waals surface area contributed by atoms with Crippen molar-refractivity contribution in [2.75, 3.05) is 5.32 Å². The Morgan fingerprint density at radius 3 is 1.81 bits per heavy atom. The lowest BCUT2D eigenvalue weighted by atomic mass is 10.1. The lowest BCUT2D eigenvalue weighted by Gasteiger charge is -2.18. The number of hydrogen-bond acceptors (Lipinski definition) is 3. The van der Waals surface area contributed by atoms with Crippen LogP contribution in [0.1, 0.15) is 27.2 Å². The monoisotopic (exact) mass is 312 g/mol. The molecule has 0 amide bonds. The molecule has 0 aromatic carbocycles. The maximum Gasteiger partial charge on any atom is 0.503 e. The highest BCUT2D eigenvalue weighted by Crippen LogP contribution is 2.23. The van der Waals surface area contributed by atoms with E-state index < -0.39 is 35.4 Å². The molecule has 0 radical (unpaired) electrons. The molecule has 0 unspecified atom stereocenters. The average Bonchev–Trinajstić information content (AvgIpc) is 2.30. The first-order valence-electron chi connectivity index (χ1n) is 5.94. The molecule has 1 heterocycles. The van der Waals surface area contributed by atoms with Crippen LogP contribution in [0.15, 0.2) is 0 Å². The van der Waals surface area contributed by atoms with Gasteiger partial charge in [0, 0.05) is 6.04 Å². The number of pyridine rings is 1. The largest absolute Gasteiger partial charge is 0.503 e. The Morgan fingerprint density at radius 2 is 1.48 bits per heavy atom. The van der Waals surface area contributed by atoms with Crippen LogP contribution in [0.5, 0.6) is 0 Å². The molecule has 0 aliphatic rings. The van der Waals surface area contributed by atoms with E-state index in [1.807, 2.05) is 13.8 Å². The molecule has 9 heteroatoms. The van der Waals surface area contributed by atoms with Crippen molar-refractivity contribution in [3.05, 3.63) is 23.5 Å². The molecule has 0 saturated heterocycles. The molecule has 0 aliphatic carbocycles. The molecular formula is C12H16F4N2O3. The minimum Gasteiger partial charge on any atom is -0.450 e. The highest BCUT2D eigenvalue weighted by atomic mass is 19.2. The Balaban J connectivity index is 0.000000885. The molecule has 0 spiro atoms. The Bertz CT molecular complexity index is 468. The zero-order valence-corrected chi connectivity index (χ0v) is 11.6. The van der Waals surface area contributed by atoms with Gasteiger partial charge in [0.05, 0.1) is 0 Å². The van der Waals surface area contributed by atoms with E-state index in [1.165, 1.54) is 0 Å². The Kier molecular flexibility index (Phi) is 7.46. The fourth-order valence-corrected chi connectivity index (χ4v) is 1.63. The number of aromatic nitrogens is 1. The molecule has 0 fully saturated rings. The number of rotatable bonds is 4. The van der Waals surface area contributed by atoms with Crippen LogP contribution in [-0.2, 0) is 0 Å². The van der Waals surface area contributed by atoms with E-state index in [1.54, 1.807) is 6.92 Å². The summed E-state index contributed by atoms with van der Waals surface area (Å²) in [5.74, 6) is -6.01. The van der Waals surface area contributed by atoms with Crippen LogP contribution >= 0.6 is 0 Å². The van der Waals surface area contributed by atoms with Gasteiger partial charge in [-0.2, -0.15) is 22.5 Å². The third-order valence-electron chi connectivity index (χ3n) is 2.21. The summed E-state index contributed by atoms with van der Waals surface area (Å²) in [7, 11) is 0. The Hall–Kier alpha value is -2.06. The number of carbonyl (C=O) groups is 1. The molecule has 120 valence electrons. The molecule has 0 bridgehead atoms. The number of hydrogen-bond donors (Lipinski definition) is 3. The summed E-state index contributed by atoms with van der Waals surface area (Å²) in [6, 6.07) is -0.305. The van der Waals surface area contributed by atoms with Crippen LogP contribution < -0.4 is 5.32 Å². The topological polar surface area (TPSA) is 82.5 Å². The first-order valence-corrected chi connectivity index (χ1v) is 5.94. The predicted octanol–water partition coefficient (Wildman–Crippen LogP) is 3.71. The van der Waals surface area contributed by atoms with Crippen molar-refractivity contribution in [1.29, 1.82) is 0 Å². The molecule has 1 aromatic heterocycles. The number of anilines is 1. The zero-order chi connectivity index (χ0) is 16.7. The number of nitrogens with one attached hydrogen (secondary N) is 1. The maximum absolute atomic E-state index is 13.2. The van der Waals surface area contributed by atoms with Crippen LogP contribution in [-0.4, -0.2) is 27.4 Å². The molecule has 21 heavy (non-hydrogen) atoms. The number of halogens is 4. The molecule has 1 aromatic rings. The second kappa shape index (κ2) is 8.28. The average molecular weight is 312 g/mol. The van der Waals surface area contributed by atoms with Gasteiger partial charge in [-0.05, 0) is 19.3 Å². The quantitative estimate of drug-likeness (QED) is 0.583. The van der Waals surface area contributed by atoms with Crippen LogP contribution in [0, 0.1) is 29.4 Å². The van der Waals surface area contributed by atoms with Crippen LogP contribution in [0.3, 0.4) is 0 Å². The molecule has 1 rings (SSSR count). The molecular weight excluding hydrogens is 296 g/mol. The van der Waals surface area contributed by atoms with E-state index in [0.717, 1.165) is 0 Å². The van der Waals surface area contributed by atoms with Gasteiger partial charge in [0.2, 0.25) is 11.6 Å². The van der Waals surface area contributed by atoms with Crippen molar-refractivity contribution in [2.45, 2.75) is 33.2 Å². The van der Waals surface area contributed by atoms with Gasteiger partial charge in [0.1, 0.15) is 5.69 Å². The second-order valence-electron chi connectivity index (χ2n) is 4.65. The summed E-state index contributed by atoms with van der Waals surface area (Å²) in [6.07, 6.45) is -1.22. The van der Waals surface area contributed by atoms with Crippen LogP contribution in [0.25, 0.3) is 0 Å².